The molecule has 0 saturated heterocycles. The molecule has 0 aliphatic rings. The predicted octanol–water partition coefficient (Wildman–Crippen LogP) is 5.97. The molecule has 0 heterocycles. The summed E-state index contributed by atoms with van der Waals surface area (Å²) in [5.74, 6) is 0.0962. The molecule has 0 spiro atoms. The summed E-state index contributed by atoms with van der Waals surface area (Å²) in [4.78, 5) is 13.1. The highest BCUT2D eigenvalue weighted by Gasteiger charge is 2.15. The van der Waals surface area contributed by atoms with E-state index in [0.717, 1.165) is 28.7 Å². The number of carbonyl (C=O) groups is 1. The van der Waals surface area contributed by atoms with Gasteiger partial charge in [-0.3, -0.25) is 4.79 Å². The Hall–Kier alpha value is -3.19. The van der Waals surface area contributed by atoms with Crippen molar-refractivity contribution in [2.24, 2.45) is 0 Å². The first-order chi connectivity index (χ1) is 12.7. The zero-order valence-corrected chi connectivity index (χ0v) is 14.8. The van der Waals surface area contributed by atoms with Gasteiger partial charge in [-0.2, -0.15) is 0 Å². The average Bonchev–Trinajstić information content (AvgIpc) is 2.69. The van der Waals surface area contributed by atoms with E-state index in [1.807, 2.05) is 49.4 Å². The molecule has 0 radical (unpaired) electrons. The van der Waals surface area contributed by atoms with Gasteiger partial charge in [0.1, 0.15) is 0 Å². The summed E-state index contributed by atoms with van der Waals surface area (Å²) in [6.07, 6.45) is 0.745. The summed E-state index contributed by atoms with van der Waals surface area (Å²) in [6.45, 7) is 1.99. The van der Waals surface area contributed by atoms with Gasteiger partial charge >= 0.3 is 0 Å². The Kier molecular flexibility index (Phi) is 4.37. The maximum absolute atomic E-state index is 13.1. The summed E-state index contributed by atoms with van der Waals surface area (Å²) in [7, 11) is 0. The molecule has 0 bridgehead atoms. The average molecular weight is 336 g/mol. The second kappa shape index (κ2) is 6.97. The van der Waals surface area contributed by atoms with Crippen molar-refractivity contribution in [2.75, 3.05) is 0 Å². The molecule has 4 rings (SSSR count). The molecule has 0 atom stereocenters. The van der Waals surface area contributed by atoms with Gasteiger partial charge in [0.15, 0.2) is 5.78 Å². The van der Waals surface area contributed by atoms with E-state index in [2.05, 4.69) is 48.5 Å². The van der Waals surface area contributed by atoms with Gasteiger partial charge in [-0.1, -0.05) is 91.0 Å². The van der Waals surface area contributed by atoms with Gasteiger partial charge in [-0.25, -0.2) is 0 Å². The number of carbonyl (C=O) groups excluding carboxylic acids is 1. The number of fused-ring (bicyclic) bond motifs is 1. The Morgan fingerprint density at radius 2 is 1.27 bits per heavy atom. The van der Waals surface area contributed by atoms with Crippen LogP contribution in [0.4, 0.5) is 0 Å². The molecule has 26 heavy (non-hydrogen) atoms. The molecule has 0 fully saturated rings. The fourth-order valence-corrected chi connectivity index (χ4v) is 3.52. The van der Waals surface area contributed by atoms with Crippen LogP contribution in [0.25, 0.3) is 10.8 Å². The number of rotatable bonds is 4. The Morgan fingerprint density at radius 1 is 0.654 bits per heavy atom. The van der Waals surface area contributed by atoms with Crippen LogP contribution in [0.2, 0.25) is 0 Å². The van der Waals surface area contributed by atoms with E-state index in [0.29, 0.717) is 0 Å². The number of aryl methyl sites for hydroxylation is 1. The van der Waals surface area contributed by atoms with Crippen LogP contribution in [-0.4, -0.2) is 5.78 Å². The van der Waals surface area contributed by atoms with Crippen LogP contribution in [0, 0.1) is 6.92 Å². The zero-order valence-electron chi connectivity index (χ0n) is 14.8. The Labute approximate surface area is 153 Å². The molecule has 0 aromatic heterocycles. The van der Waals surface area contributed by atoms with Crippen LogP contribution in [0.1, 0.15) is 32.6 Å². The van der Waals surface area contributed by atoms with Gasteiger partial charge in [0.25, 0.3) is 0 Å². The first kappa shape index (κ1) is 16.3. The van der Waals surface area contributed by atoms with E-state index >= 15 is 0 Å². The van der Waals surface area contributed by atoms with Gasteiger partial charge in [0, 0.05) is 11.1 Å². The number of hydrogen-bond donors (Lipinski definition) is 0. The first-order valence-corrected chi connectivity index (χ1v) is 8.89. The molecule has 1 nitrogen and oxygen atoms in total. The van der Waals surface area contributed by atoms with E-state index < -0.39 is 0 Å². The van der Waals surface area contributed by atoms with Gasteiger partial charge in [-0.05, 0) is 40.8 Å². The molecule has 126 valence electrons. The maximum Gasteiger partial charge on any atom is 0.193 e. The summed E-state index contributed by atoms with van der Waals surface area (Å²) in [5, 5.41) is 2.47. The highest BCUT2D eigenvalue weighted by Crippen LogP contribution is 2.24. The largest absolute Gasteiger partial charge is 0.289 e. The van der Waals surface area contributed by atoms with E-state index in [1.54, 1.807) is 0 Å². The van der Waals surface area contributed by atoms with E-state index in [4.69, 9.17) is 0 Å². The minimum atomic E-state index is 0.0962. The van der Waals surface area contributed by atoms with Crippen LogP contribution < -0.4 is 0 Å². The van der Waals surface area contributed by atoms with Crippen molar-refractivity contribution in [3.63, 3.8) is 0 Å². The fraction of sp³-hybridized carbons (Fsp3) is 0.0800. The van der Waals surface area contributed by atoms with Crippen molar-refractivity contribution in [3.8, 4) is 0 Å². The predicted molar refractivity (Wildman–Crippen MR) is 108 cm³/mol. The van der Waals surface area contributed by atoms with Crippen molar-refractivity contribution in [3.05, 3.63) is 119 Å². The lowest BCUT2D eigenvalue weighted by Crippen LogP contribution is -2.07. The van der Waals surface area contributed by atoms with Gasteiger partial charge in [0.2, 0.25) is 0 Å². The van der Waals surface area contributed by atoms with Gasteiger partial charge in [-0.15, -0.1) is 0 Å². The summed E-state index contributed by atoms with van der Waals surface area (Å²) >= 11 is 0. The summed E-state index contributed by atoms with van der Waals surface area (Å²) in [5.41, 5.74) is 4.88. The quantitative estimate of drug-likeness (QED) is 0.420. The molecular weight excluding hydrogens is 316 g/mol. The fourth-order valence-electron chi connectivity index (χ4n) is 3.52. The lowest BCUT2D eigenvalue weighted by Gasteiger charge is -2.12. The topological polar surface area (TPSA) is 17.1 Å². The zero-order chi connectivity index (χ0) is 17.9. The van der Waals surface area contributed by atoms with Crippen molar-refractivity contribution in [1.29, 1.82) is 0 Å². The van der Waals surface area contributed by atoms with Gasteiger partial charge in [0.05, 0.1) is 0 Å². The molecule has 0 N–H and O–H groups in total. The van der Waals surface area contributed by atoms with Crippen LogP contribution in [0.15, 0.2) is 91.0 Å². The number of ketones is 1. The minimum absolute atomic E-state index is 0.0962. The molecule has 0 unspecified atom stereocenters. The van der Waals surface area contributed by atoms with Gasteiger partial charge < -0.3 is 0 Å². The third-order valence-corrected chi connectivity index (χ3v) is 4.91. The van der Waals surface area contributed by atoms with Crippen LogP contribution in [0.3, 0.4) is 0 Å². The minimum Gasteiger partial charge on any atom is -0.289 e. The second-order valence-electron chi connectivity index (χ2n) is 6.62. The molecule has 0 aliphatic carbocycles. The SMILES string of the molecule is Cc1ccccc1C(=O)c1ccccc1Cc1cccc2ccccc12. The third kappa shape index (κ3) is 3.04. The molecular formula is C25H20O. The van der Waals surface area contributed by atoms with Crippen molar-refractivity contribution >= 4 is 16.6 Å². The Bertz CT molecular complexity index is 1090. The monoisotopic (exact) mass is 336 g/mol. The molecule has 0 aliphatic heterocycles. The van der Waals surface area contributed by atoms with Crippen LogP contribution in [0.5, 0.6) is 0 Å². The highest BCUT2D eigenvalue weighted by atomic mass is 16.1. The van der Waals surface area contributed by atoms with E-state index in [9.17, 15) is 4.79 Å². The molecule has 0 amide bonds. The third-order valence-electron chi connectivity index (χ3n) is 4.91. The van der Waals surface area contributed by atoms with Crippen molar-refractivity contribution in [1.82, 2.24) is 0 Å². The maximum atomic E-state index is 13.1. The number of benzene rings is 4. The van der Waals surface area contributed by atoms with E-state index in [1.165, 1.54) is 16.3 Å². The van der Waals surface area contributed by atoms with Crippen LogP contribution in [-0.2, 0) is 6.42 Å². The smallest absolute Gasteiger partial charge is 0.193 e. The molecule has 4 aromatic carbocycles. The summed E-state index contributed by atoms with van der Waals surface area (Å²) < 4.78 is 0. The Morgan fingerprint density at radius 3 is 2.12 bits per heavy atom. The number of hydrogen-bond acceptors (Lipinski definition) is 1. The van der Waals surface area contributed by atoms with E-state index in [-0.39, 0.29) is 5.78 Å². The second-order valence-corrected chi connectivity index (χ2v) is 6.62. The van der Waals surface area contributed by atoms with Crippen LogP contribution >= 0.6 is 0 Å². The standard InChI is InChI=1S/C25H20O/c1-18-9-2-5-14-22(18)25(26)24-16-7-4-11-21(24)17-20-13-8-12-19-10-3-6-15-23(19)20/h2-16H,17H2,1H3. The lowest BCUT2D eigenvalue weighted by molar-refractivity contribution is 0.103. The first-order valence-electron chi connectivity index (χ1n) is 8.89. The van der Waals surface area contributed by atoms with Crippen molar-refractivity contribution < 1.29 is 4.79 Å². The lowest BCUT2D eigenvalue weighted by atomic mass is 9.91. The normalized spacial score (nSPS) is 10.8. The highest BCUT2D eigenvalue weighted by molar-refractivity contribution is 6.10. The Balaban J connectivity index is 1.77. The molecule has 0 saturated carbocycles. The summed E-state index contributed by atoms with van der Waals surface area (Å²) in [6, 6.07) is 30.5. The van der Waals surface area contributed by atoms with Crippen molar-refractivity contribution in [2.45, 2.75) is 13.3 Å². The molecule has 1 heteroatoms. The molecule has 4 aromatic rings.